The topological polar surface area (TPSA) is 84.9 Å². The van der Waals surface area contributed by atoms with Crippen LogP contribution in [-0.4, -0.2) is 36.7 Å². The lowest BCUT2D eigenvalue weighted by Crippen LogP contribution is -2.26. The van der Waals surface area contributed by atoms with E-state index in [-0.39, 0.29) is 24.5 Å². The highest BCUT2D eigenvalue weighted by Gasteiger charge is 2.23. The molecule has 0 saturated heterocycles. The number of hydrogen-bond acceptors (Lipinski definition) is 4. The van der Waals surface area contributed by atoms with Gasteiger partial charge in [-0.25, -0.2) is 4.79 Å². The van der Waals surface area contributed by atoms with Crippen LogP contribution < -0.4 is 14.8 Å². The van der Waals surface area contributed by atoms with Crippen molar-refractivity contribution >= 4 is 11.9 Å². The fourth-order valence-corrected chi connectivity index (χ4v) is 1.70. The molecule has 108 valence electrons. The van der Waals surface area contributed by atoms with Gasteiger partial charge in [-0.3, -0.25) is 4.79 Å². The zero-order valence-electron chi connectivity index (χ0n) is 11.2. The van der Waals surface area contributed by atoms with Crippen molar-refractivity contribution in [3.05, 3.63) is 23.8 Å². The van der Waals surface area contributed by atoms with Crippen molar-refractivity contribution < 1.29 is 24.2 Å². The van der Waals surface area contributed by atoms with Crippen molar-refractivity contribution in [3.8, 4) is 11.5 Å². The second-order valence-corrected chi connectivity index (χ2v) is 4.61. The summed E-state index contributed by atoms with van der Waals surface area (Å²) >= 11 is 0. The molecule has 6 nitrogen and oxygen atoms in total. The third-order valence-corrected chi connectivity index (χ3v) is 2.94. The van der Waals surface area contributed by atoms with E-state index in [1.165, 1.54) is 25.3 Å². The van der Waals surface area contributed by atoms with E-state index in [2.05, 4.69) is 5.32 Å². The van der Waals surface area contributed by atoms with Crippen molar-refractivity contribution in [3.63, 3.8) is 0 Å². The number of methoxy groups -OCH3 is 1. The van der Waals surface area contributed by atoms with E-state index in [9.17, 15) is 9.59 Å². The van der Waals surface area contributed by atoms with E-state index in [1.807, 2.05) is 0 Å². The molecule has 2 N–H and O–H groups in total. The molecule has 1 aliphatic rings. The van der Waals surface area contributed by atoms with Crippen LogP contribution in [0.5, 0.6) is 11.5 Å². The minimum Gasteiger partial charge on any atom is -0.493 e. The molecule has 1 amide bonds. The summed E-state index contributed by atoms with van der Waals surface area (Å²) in [5.41, 5.74) is 0.114. The lowest BCUT2D eigenvalue weighted by atomic mass is 10.2. The number of amides is 1. The van der Waals surface area contributed by atoms with Gasteiger partial charge in [-0.15, -0.1) is 0 Å². The number of ether oxygens (including phenoxy) is 2. The van der Waals surface area contributed by atoms with Crippen LogP contribution in [0.25, 0.3) is 0 Å². The normalized spacial score (nSPS) is 13.7. The van der Waals surface area contributed by atoms with Gasteiger partial charge in [0.25, 0.3) is 0 Å². The number of nitrogens with one attached hydrogen (secondary N) is 1. The van der Waals surface area contributed by atoms with E-state index in [4.69, 9.17) is 14.6 Å². The Balaban J connectivity index is 1.91. The quantitative estimate of drug-likeness (QED) is 0.789. The summed E-state index contributed by atoms with van der Waals surface area (Å²) in [7, 11) is 1.47. The molecular weight excluding hydrogens is 262 g/mol. The molecule has 0 atom stereocenters. The fourth-order valence-electron chi connectivity index (χ4n) is 1.70. The lowest BCUT2D eigenvalue weighted by molar-refractivity contribution is -0.121. The minimum atomic E-state index is -1.04. The fraction of sp³-hybridized carbons (Fsp3) is 0.429. The Morgan fingerprint density at radius 1 is 1.35 bits per heavy atom. The first-order chi connectivity index (χ1) is 9.60. The number of carboxylic acids is 1. The van der Waals surface area contributed by atoms with Crippen molar-refractivity contribution in [1.29, 1.82) is 0 Å². The number of rotatable bonds is 7. The number of carboxylic acid groups (broad SMARTS) is 1. The van der Waals surface area contributed by atoms with Gasteiger partial charge in [0, 0.05) is 6.04 Å². The van der Waals surface area contributed by atoms with Crippen LogP contribution in [0.3, 0.4) is 0 Å². The predicted octanol–water partition coefficient (Wildman–Crippen LogP) is 1.44. The summed E-state index contributed by atoms with van der Waals surface area (Å²) in [5.74, 6) is -0.325. The van der Waals surface area contributed by atoms with Crippen molar-refractivity contribution in [1.82, 2.24) is 5.32 Å². The maximum absolute atomic E-state index is 11.5. The third-order valence-electron chi connectivity index (χ3n) is 2.94. The van der Waals surface area contributed by atoms with Gasteiger partial charge in [-0.1, -0.05) is 0 Å². The third kappa shape index (κ3) is 3.88. The number of carbonyl (C=O) groups excluding carboxylic acids is 1. The molecular formula is C14H17NO5. The molecule has 1 saturated carbocycles. The Labute approximate surface area is 116 Å². The number of benzene rings is 1. The van der Waals surface area contributed by atoms with Crippen LogP contribution in [0.1, 0.15) is 29.6 Å². The maximum atomic E-state index is 11.5. The first-order valence-electron chi connectivity index (χ1n) is 6.43. The average molecular weight is 279 g/mol. The van der Waals surface area contributed by atoms with Gasteiger partial charge in [-0.2, -0.15) is 0 Å². The average Bonchev–Trinajstić information content (AvgIpc) is 3.22. The zero-order chi connectivity index (χ0) is 14.5. The van der Waals surface area contributed by atoms with Gasteiger partial charge in [-0.05, 0) is 31.0 Å². The molecule has 6 heteroatoms. The van der Waals surface area contributed by atoms with Gasteiger partial charge in [0.2, 0.25) is 5.91 Å². The van der Waals surface area contributed by atoms with Gasteiger partial charge < -0.3 is 19.9 Å². The molecule has 0 aromatic heterocycles. The highest BCUT2D eigenvalue weighted by molar-refractivity contribution is 5.88. The summed E-state index contributed by atoms with van der Waals surface area (Å²) in [4.78, 5) is 22.4. The summed E-state index contributed by atoms with van der Waals surface area (Å²) in [6.45, 7) is 0.179. The summed E-state index contributed by atoms with van der Waals surface area (Å²) in [6, 6.07) is 4.68. The molecule has 2 rings (SSSR count). The van der Waals surface area contributed by atoms with Gasteiger partial charge in [0.1, 0.15) is 0 Å². The van der Waals surface area contributed by atoms with Crippen LogP contribution in [0.15, 0.2) is 18.2 Å². The highest BCUT2D eigenvalue weighted by atomic mass is 16.5. The Bertz CT molecular complexity index is 510. The largest absolute Gasteiger partial charge is 0.493 e. The summed E-state index contributed by atoms with van der Waals surface area (Å²) in [6.07, 6.45) is 2.32. The molecule has 0 spiro atoms. The lowest BCUT2D eigenvalue weighted by Gasteiger charge is -2.11. The van der Waals surface area contributed by atoms with E-state index in [0.29, 0.717) is 17.5 Å². The predicted molar refractivity (Wildman–Crippen MR) is 71.2 cm³/mol. The summed E-state index contributed by atoms with van der Waals surface area (Å²) < 4.78 is 10.5. The standard InChI is InChI=1S/C14H17NO5/c1-19-11-5-2-9(14(17)18)8-12(11)20-7-6-13(16)15-10-3-4-10/h2,5,8,10H,3-4,6-7H2,1H3,(H,15,16)(H,17,18). The smallest absolute Gasteiger partial charge is 0.335 e. The maximum Gasteiger partial charge on any atom is 0.335 e. The molecule has 1 aromatic rings. The second kappa shape index (κ2) is 6.27. The number of aromatic carboxylic acids is 1. The van der Waals surface area contributed by atoms with Crippen molar-refractivity contribution in [2.24, 2.45) is 0 Å². The second-order valence-electron chi connectivity index (χ2n) is 4.61. The molecule has 0 unspecified atom stereocenters. The van der Waals surface area contributed by atoms with E-state index < -0.39 is 5.97 Å². The molecule has 1 aromatic carbocycles. The molecule has 1 aliphatic carbocycles. The molecule has 0 aliphatic heterocycles. The Hall–Kier alpha value is -2.24. The molecule has 0 radical (unpaired) electrons. The van der Waals surface area contributed by atoms with Crippen LogP contribution in [0, 0.1) is 0 Å². The molecule has 1 fully saturated rings. The number of carbonyl (C=O) groups is 2. The van der Waals surface area contributed by atoms with Crippen LogP contribution in [0.2, 0.25) is 0 Å². The monoisotopic (exact) mass is 279 g/mol. The van der Waals surface area contributed by atoms with Gasteiger partial charge >= 0.3 is 5.97 Å². The van der Waals surface area contributed by atoms with Crippen LogP contribution in [0.4, 0.5) is 0 Å². The first-order valence-corrected chi connectivity index (χ1v) is 6.43. The van der Waals surface area contributed by atoms with Crippen LogP contribution in [-0.2, 0) is 4.79 Å². The Kier molecular flexibility index (Phi) is 4.45. The van der Waals surface area contributed by atoms with E-state index in [1.54, 1.807) is 0 Å². The zero-order valence-corrected chi connectivity index (χ0v) is 11.2. The van der Waals surface area contributed by atoms with Crippen molar-refractivity contribution in [2.75, 3.05) is 13.7 Å². The van der Waals surface area contributed by atoms with E-state index >= 15 is 0 Å². The Morgan fingerprint density at radius 3 is 2.70 bits per heavy atom. The molecule has 0 heterocycles. The minimum absolute atomic E-state index is 0.0548. The Morgan fingerprint density at radius 2 is 2.10 bits per heavy atom. The molecule has 0 bridgehead atoms. The van der Waals surface area contributed by atoms with Gasteiger partial charge in [0.05, 0.1) is 25.7 Å². The highest BCUT2D eigenvalue weighted by Crippen LogP contribution is 2.28. The van der Waals surface area contributed by atoms with Crippen LogP contribution >= 0.6 is 0 Å². The molecule has 20 heavy (non-hydrogen) atoms. The summed E-state index contributed by atoms with van der Waals surface area (Å²) in [5, 5.41) is 11.8. The SMILES string of the molecule is COc1ccc(C(=O)O)cc1OCCC(=O)NC1CC1. The van der Waals surface area contributed by atoms with Crippen molar-refractivity contribution in [2.45, 2.75) is 25.3 Å². The van der Waals surface area contributed by atoms with E-state index in [0.717, 1.165) is 12.8 Å². The first kappa shape index (κ1) is 14.2. The van der Waals surface area contributed by atoms with Gasteiger partial charge in [0.15, 0.2) is 11.5 Å². The number of hydrogen-bond donors (Lipinski definition) is 2.